The molecule has 1 aliphatic rings. The number of benzene rings is 1. The zero-order valence-electron chi connectivity index (χ0n) is 9.28. The van der Waals surface area contributed by atoms with E-state index in [-0.39, 0.29) is 17.8 Å². The second-order valence-corrected chi connectivity index (χ2v) is 4.28. The van der Waals surface area contributed by atoms with E-state index in [1.54, 1.807) is 6.07 Å². The van der Waals surface area contributed by atoms with Crippen LogP contribution in [0.3, 0.4) is 0 Å². The standard InChI is InChI=1S/C12H13FN4/c13-7-3-4-9-8(6-7)11(17-12(14)16-9)10-2-1-5-15-10/h3-4,6,10,15H,1-2,5H2,(H2,14,16,17). The maximum absolute atomic E-state index is 13.3. The van der Waals surface area contributed by atoms with E-state index in [2.05, 4.69) is 15.3 Å². The van der Waals surface area contributed by atoms with Crippen LogP contribution in [0.25, 0.3) is 10.9 Å². The Kier molecular flexibility index (Phi) is 2.40. The van der Waals surface area contributed by atoms with Gasteiger partial charge in [0.15, 0.2) is 0 Å². The predicted octanol–water partition coefficient (Wildman–Crippen LogP) is 1.78. The van der Waals surface area contributed by atoms with Gasteiger partial charge in [-0.1, -0.05) is 0 Å². The van der Waals surface area contributed by atoms with Crippen LogP contribution < -0.4 is 11.1 Å². The Labute approximate surface area is 98.1 Å². The summed E-state index contributed by atoms with van der Waals surface area (Å²) in [5.74, 6) is -0.0297. The van der Waals surface area contributed by atoms with Crippen LogP contribution in [-0.2, 0) is 0 Å². The molecule has 1 aromatic carbocycles. The lowest BCUT2D eigenvalue weighted by Crippen LogP contribution is -2.16. The SMILES string of the molecule is Nc1nc(C2CCCN2)c2cc(F)ccc2n1. The molecule has 1 atom stereocenters. The van der Waals surface area contributed by atoms with Crippen molar-refractivity contribution in [1.29, 1.82) is 0 Å². The van der Waals surface area contributed by atoms with Gasteiger partial charge in [-0.15, -0.1) is 0 Å². The van der Waals surface area contributed by atoms with Crippen molar-refractivity contribution in [3.63, 3.8) is 0 Å². The lowest BCUT2D eigenvalue weighted by atomic mass is 10.1. The summed E-state index contributed by atoms with van der Waals surface area (Å²) in [5.41, 5.74) is 7.19. The zero-order chi connectivity index (χ0) is 11.8. The highest BCUT2D eigenvalue weighted by Gasteiger charge is 2.21. The van der Waals surface area contributed by atoms with E-state index in [1.807, 2.05) is 0 Å². The summed E-state index contributed by atoms with van der Waals surface area (Å²) in [6.45, 7) is 0.964. The quantitative estimate of drug-likeness (QED) is 0.786. The number of nitrogen functional groups attached to an aromatic ring is 1. The van der Waals surface area contributed by atoms with Gasteiger partial charge < -0.3 is 11.1 Å². The smallest absolute Gasteiger partial charge is 0.220 e. The number of halogens is 1. The molecule has 0 amide bonds. The number of anilines is 1. The maximum Gasteiger partial charge on any atom is 0.220 e. The fraction of sp³-hybridized carbons (Fsp3) is 0.333. The molecule has 0 bridgehead atoms. The van der Waals surface area contributed by atoms with Crippen molar-refractivity contribution in [3.8, 4) is 0 Å². The molecule has 0 saturated carbocycles. The van der Waals surface area contributed by atoms with Crippen LogP contribution in [0.2, 0.25) is 0 Å². The molecule has 1 aromatic heterocycles. The van der Waals surface area contributed by atoms with E-state index in [0.29, 0.717) is 5.52 Å². The molecule has 17 heavy (non-hydrogen) atoms. The lowest BCUT2D eigenvalue weighted by Gasteiger charge is -2.13. The van der Waals surface area contributed by atoms with Crippen molar-refractivity contribution in [2.45, 2.75) is 18.9 Å². The highest BCUT2D eigenvalue weighted by molar-refractivity contribution is 5.82. The molecular weight excluding hydrogens is 219 g/mol. The summed E-state index contributed by atoms with van der Waals surface area (Å²) in [5, 5.41) is 4.09. The Bertz CT molecular complexity index is 564. The summed E-state index contributed by atoms with van der Waals surface area (Å²) >= 11 is 0. The summed E-state index contributed by atoms with van der Waals surface area (Å²) in [7, 11) is 0. The third-order valence-corrected chi connectivity index (χ3v) is 3.09. The first-order chi connectivity index (χ1) is 8.24. The van der Waals surface area contributed by atoms with Gasteiger partial charge in [-0.3, -0.25) is 0 Å². The van der Waals surface area contributed by atoms with Gasteiger partial charge >= 0.3 is 0 Å². The largest absolute Gasteiger partial charge is 0.368 e. The minimum absolute atomic E-state index is 0.157. The number of nitrogens with one attached hydrogen (secondary N) is 1. The van der Waals surface area contributed by atoms with Crippen LogP contribution >= 0.6 is 0 Å². The van der Waals surface area contributed by atoms with Gasteiger partial charge in [-0.25, -0.2) is 14.4 Å². The van der Waals surface area contributed by atoms with E-state index < -0.39 is 0 Å². The van der Waals surface area contributed by atoms with Gasteiger partial charge in [0.25, 0.3) is 0 Å². The molecule has 4 nitrogen and oxygen atoms in total. The van der Waals surface area contributed by atoms with Gasteiger partial charge in [0.05, 0.1) is 17.3 Å². The summed E-state index contributed by atoms with van der Waals surface area (Å²) in [6, 6.07) is 4.66. The summed E-state index contributed by atoms with van der Waals surface area (Å²) < 4.78 is 13.3. The molecular formula is C12H13FN4. The number of hydrogen-bond donors (Lipinski definition) is 2. The highest BCUT2D eigenvalue weighted by Crippen LogP contribution is 2.28. The number of aromatic nitrogens is 2. The van der Waals surface area contributed by atoms with Gasteiger partial charge in [0.1, 0.15) is 5.82 Å². The molecule has 3 N–H and O–H groups in total. The third kappa shape index (κ3) is 1.82. The number of nitrogens with zero attached hydrogens (tertiary/aromatic N) is 2. The van der Waals surface area contributed by atoms with E-state index in [0.717, 1.165) is 30.5 Å². The van der Waals surface area contributed by atoms with Crippen LogP contribution in [0.4, 0.5) is 10.3 Å². The number of nitrogens with two attached hydrogens (primary N) is 1. The van der Waals surface area contributed by atoms with Crippen molar-refractivity contribution in [2.24, 2.45) is 0 Å². The van der Waals surface area contributed by atoms with Crippen molar-refractivity contribution in [3.05, 3.63) is 29.7 Å². The average Bonchev–Trinajstić information content (AvgIpc) is 2.82. The van der Waals surface area contributed by atoms with Crippen LogP contribution in [-0.4, -0.2) is 16.5 Å². The molecule has 88 valence electrons. The summed E-state index contributed by atoms with van der Waals surface area (Å²) in [6.07, 6.45) is 2.10. The molecule has 0 radical (unpaired) electrons. The average molecular weight is 232 g/mol. The molecule has 1 saturated heterocycles. The van der Waals surface area contributed by atoms with Crippen LogP contribution in [0, 0.1) is 5.82 Å². The van der Waals surface area contributed by atoms with Crippen LogP contribution in [0.1, 0.15) is 24.6 Å². The minimum Gasteiger partial charge on any atom is -0.368 e. The van der Waals surface area contributed by atoms with Crippen molar-refractivity contribution in [1.82, 2.24) is 15.3 Å². The number of fused-ring (bicyclic) bond motifs is 1. The van der Waals surface area contributed by atoms with Gasteiger partial charge in [-0.2, -0.15) is 0 Å². The van der Waals surface area contributed by atoms with E-state index >= 15 is 0 Å². The maximum atomic E-state index is 13.3. The number of rotatable bonds is 1. The zero-order valence-corrected chi connectivity index (χ0v) is 9.28. The second-order valence-electron chi connectivity index (χ2n) is 4.28. The van der Waals surface area contributed by atoms with Crippen molar-refractivity contribution >= 4 is 16.9 Å². The van der Waals surface area contributed by atoms with Crippen molar-refractivity contribution in [2.75, 3.05) is 12.3 Å². The monoisotopic (exact) mass is 232 g/mol. The fourth-order valence-corrected chi connectivity index (χ4v) is 2.33. The molecule has 5 heteroatoms. The van der Waals surface area contributed by atoms with Crippen molar-refractivity contribution < 1.29 is 4.39 Å². The molecule has 2 aromatic rings. The first kappa shape index (κ1) is 10.4. The molecule has 1 fully saturated rings. The van der Waals surface area contributed by atoms with Gasteiger partial charge in [0.2, 0.25) is 5.95 Å². The van der Waals surface area contributed by atoms with Gasteiger partial charge in [0, 0.05) is 5.39 Å². The minimum atomic E-state index is -0.273. The molecule has 1 unspecified atom stereocenters. The first-order valence-corrected chi connectivity index (χ1v) is 5.70. The highest BCUT2D eigenvalue weighted by atomic mass is 19.1. The van der Waals surface area contributed by atoms with Gasteiger partial charge in [-0.05, 0) is 37.6 Å². The lowest BCUT2D eigenvalue weighted by molar-refractivity contribution is 0.623. The Morgan fingerprint density at radius 3 is 3.00 bits per heavy atom. The fourth-order valence-electron chi connectivity index (χ4n) is 2.33. The third-order valence-electron chi connectivity index (χ3n) is 3.09. The van der Waals surface area contributed by atoms with E-state index in [9.17, 15) is 4.39 Å². The molecule has 1 aliphatic heterocycles. The van der Waals surface area contributed by atoms with Crippen LogP contribution in [0.15, 0.2) is 18.2 Å². The number of hydrogen-bond acceptors (Lipinski definition) is 4. The topological polar surface area (TPSA) is 63.8 Å². The van der Waals surface area contributed by atoms with E-state index in [4.69, 9.17) is 5.73 Å². The Hall–Kier alpha value is -1.75. The Morgan fingerprint density at radius 1 is 1.35 bits per heavy atom. The Balaban J connectivity index is 2.23. The molecule has 3 rings (SSSR count). The molecule has 2 heterocycles. The first-order valence-electron chi connectivity index (χ1n) is 5.70. The van der Waals surface area contributed by atoms with E-state index in [1.165, 1.54) is 12.1 Å². The molecule has 0 spiro atoms. The predicted molar refractivity (Wildman–Crippen MR) is 63.9 cm³/mol. The second kappa shape index (κ2) is 3.92. The van der Waals surface area contributed by atoms with Crippen LogP contribution in [0.5, 0.6) is 0 Å². The molecule has 0 aliphatic carbocycles. The summed E-state index contributed by atoms with van der Waals surface area (Å²) in [4.78, 5) is 8.38. The Morgan fingerprint density at radius 2 is 2.24 bits per heavy atom. The normalized spacial score (nSPS) is 19.9.